The van der Waals surface area contributed by atoms with Gasteiger partial charge in [0.2, 0.25) is 5.95 Å². The van der Waals surface area contributed by atoms with E-state index < -0.39 is 16.8 Å². The number of anilines is 3. The van der Waals surface area contributed by atoms with Gasteiger partial charge in [0.15, 0.2) is 5.69 Å². The first kappa shape index (κ1) is 16.0. The number of halogens is 3. The molecule has 3 rings (SSSR count). The summed E-state index contributed by atoms with van der Waals surface area (Å²) in [6, 6.07) is 6.16. The van der Waals surface area contributed by atoms with Crippen LogP contribution in [0.25, 0.3) is 0 Å². The van der Waals surface area contributed by atoms with Crippen molar-refractivity contribution >= 4 is 23.1 Å². The zero-order valence-electron chi connectivity index (χ0n) is 12.2. The molecule has 0 unspecified atom stereocenters. The highest BCUT2D eigenvalue weighted by Gasteiger charge is 2.34. The number of aromatic nitrogens is 2. The van der Waals surface area contributed by atoms with Crippen molar-refractivity contribution in [1.82, 2.24) is 9.97 Å². The highest BCUT2D eigenvalue weighted by Crippen LogP contribution is 2.32. The van der Waals surface area contributed by atoms with Gasteiger partial charge in [0.1, 0.15) is 5.82 Å². The Morgan fingerprint density at radius 2 is 1.83 bits per heavy atom. The lowest BCUT2D eigenvalue weighted by Gasteiger charge is -2.12. The zero-order valence-corrected chi connectivity index (χ0v) is 12.2. The van der Waals surface area contributed by atoms with Crippen LogP contribution in [0, 0.1) is 10.1 Å². The molecule has 1 aromatic heterocycles. The van der Waals surface area contributed by atoms with E-state index in [0.717, 1.165) is 18.9 Å². The molecule has 1 saturated carbocycles. The van der Waals surface area contributed by atoms with Gasteiger partial charge in [0.25, 0.3) is 5.69 Å². The monoisotopic (exact) mass is 339 g/mol. The lowest BCUT2D eigenvalue weighted by atomic mass is 10.3. The van der Waals surface area contributed by atoms with Crippen molar-refractivity contribution in [3.05, 3.63) is 46.1 Å². The van der Waals surface area contributed by atoms with Crippen LogP contribution in [0.2, 0.25) is 0 Å². The van der Waals surface area contributed by atoms with Crippen molar-refractivity contribution in [1.29, 1.82) is 0 Å². The Morgan fingerprint density at radius 1 is 1.17 bits per heavy atom. The van der Waals surface area contributed by atoms with E-state index in [1.165, 1.54) is 24.3 Å². The largest absolute Gasteiger partial charge is 0.433 e. The smallest absolute Gasteiger partial charge is 0.351 e. The Morgan fingerprint density at radius 3 is 2.38 bits per heavy atom. The third-order valence-electron chi connectivity index (χ3n) is 3.28. The zero-order chi connectivity index (χ0) is 17.3. The van der Waals surface area contributed by atoms with Gasteiger partial charge < -0.3 is 10.6 Å². The van der Waals surface area contributed by atoms with Gasteiger partial charge in [0.05, 0.1) is 4.92 Å². The van der Waals surface area contributed by atoms with Gasteiger partial charge in [-0.3, -0.25) is 10.1 Å². The van der Waals surface area contributed by atoms with E-state index in [1.807, 2.05) is 0 Å². The van der Waals surface area contributed by atoms with Crippen LogP contribution < -0.4 is 10.6 Å². The Balaban J connectivity index is 1.86. The maximum atomic E-state index is 13.0. The fraction of sp³-hybridized carbons (Fsp3) is 0.286. The average molecular weight is 339 g/mol. The van der Waals surface area contributed by atoms with Crippen LogP contribution in [0.3, 0.4) is 0 Å². The third-order valence-corrected chi connectivity index (χ3v) is 3.28. The minimum Gasteiger partial charge on any atom is -0.351 e. The van der Waals surface area contributed by atoms with Gasteiger partial charge in [-0.25, -0.2) is 4.98 Å². The van der Waals surface area contributed by atoms with Gasteiger partial charge in [0, 0.05) is 29.9 Å². The lowest BCUT2D eigenvalue weighted by molar-refractivity contribution is -0.384. The van der Waals surface area contributed by atoms with Crippen LogP contribution in [-0.2, 0) is 6.18 Å². The van der Waals surface area contributed by atoms with Gasteiger partial charge in [-0.15, -0.1) is 0 Å². The predicted molar refractivity (Wildman–Crippen MR) is 80.1 cm³/mol. The van der Waals surface area contributed by atoms with E-state index in [2.05, 4.69) is 20.6 Å². The molecule has 10 heteroatoms. The van der Waals surface area contributed by atoms with Gasteiger partial charge in [-0.1, -0.05) is 0 Å². The van der Waals surface area contributed by atoms with Crippen LogP contribution in [0.4, 0.5) is 36.3 Å². The number of nitrogens with zero attached hydrogens (tertiary/aromatic N) is 3. The molecule has 24 heavy (non-hydrogen) atoms. The van der Waals surface area contributed by atoms with E-state index in [0.29, 0.717) is 5.69 Å². The molecular formula is C14H12F3N5O2. The number of nitro groups is 1. The highest BCUT2D eigenvalue weighted by molar-refractivity contribution is 5.59. The van der Waals surface area contributed by atoms with E-state index in [-0.39, 0.29) is 23.5 Å². The van der Waals surface area contributed by atoms with Crippen molar-refractivity contribution in [3.63, 3.8) is 0 Å². The standard InChI is InChI=1S/C14H12F3N5O2/c15-14(16,17)11-7-12(21-13(20-11)19-9-1-2-9)18-8-3-5-10(6-4-8)22(23)24/h3-7,9H,1-2H2,(H2,18,19,20,21). The molecule has 1 fully saturated rings. The van der Waals surface area contributed by atoms with E-state index in [9.17, 15) is 23.3 Å². The fourth-order valence-corrected chi connectivity index (χ4v) is 1.95. The number of benzene rings is 1. The Kier molecular flexibility index (Phi) is 3.96. The third kappa shape index (κ3) is 3.89. The molecule has 7 nitrogen and oxygen atoms in total. The number of hydrogen-bond acceptors (Lipinski definition) is 6. The van der Waals surface area contributed by atoms with Crippen LogP contribution in [0.1, 0.15) is 18.5 Å². The number of hydrogen-bond donors (Lipinski definition) is 2. The van der Waals surface area contributed by atoms with Gasteiger partial charge in [-0.05, 0) is 25.0 Å². The molecule has 0 aliphatic heterocycles. The second kappa shape index (κ2) is 5.95. The van der Waals surface area contributed by atoms with Crippen molar-refractivity contribution in [2.24, 2.45) is 0 Å². The molecule has 0 atom stereocenters. The van der Waals surface area contributed by atoms with Crippen LogP contribution in [0.5, 0.6) is 0 Å². The molecular weight excluding hydrogens is 327 g/mol. The minimum atomic E-state index is -4.60. The molecule has 1 heterocycles. The normalized spacial score (nSPS) is 14.3. The van der Waals surface area contributed by atoms with Crippen LogP contribution in [-0.4, -0.2) is 20.9 Å². The second-order valence-corrected chi connectivity index (χ2v) is 5.31. The summed E-state index contributed by atoms with van der Waals surface area (Å²) in [5, 5.41) is 16.1. The molecule has 0 radical (unpaired) electrons. The summed E-state index contributed by atoms with van der Waals surface area (Å²) in [4.78, 5) is 17.5. The SMILES string of the molecule is O=[N+]([O-])c1ccc(Nc2cc(C(F)(F)F)nc(NC3CC3)n2)cc1. The van der Waals surface area contributed by atoms with Crippen LogP contribution in [0.15, 0.2) is 30.3 Å². The Hall–Kier alpha value is -2.91. The summed E-state index contributed by atoms with van der Waals surface area (Å²) in [7, 11) is 0. The van der Waals surface area contributed by atoms with Crippen molar-refractivity contribution < 1.29 is 18.1 Å². The summed E-state index contributed by atoms with van der Waals surface area (Å²) in [5.41, 5.74) is -0.801. The molecule has 0 spiro atoms. The van der Waals surface area contributed by atoms with Gasteiger partial charge in [-0.2, -0.15) is 18.2 Å². The Labute approximate surface area is 134 Å². The molecule has 1 aliphatic carbocycles. The summed E-state index contributed by atoms with van der Waals surface area (Å²) in [5.74, 6) is -0.147. The molecule has 0 amide bonds. The number of rotatable bonds is 5. The molecule has 2 aromatic rings. The topological polar surface area (TPSA) is 93.0 Å². The number of non-ortho nitro benzene ring substituents is 1. The van der Waals surface area contributed by atoms with Gasteiger partial charge >= 0.3 is 6.18 Å². The number of alkyl halides is 3. The first-order valence-electron chi connectivity index (χ1n) is 7.05. The first-order chi connectivity index (χ1) is 11.3. The maximum absolute atomic E-state index is 13.0. The number of nitro benzene ring substituents is 1. The molecule has 2 N–H and O–H groups in total. The molecule has 1 aromatic carbocycles. The Bertz CT molecular complexity index is 760. The van der Waals surface area contributed by atoms with E-state index in [1.54, 1.807) is 0 Å². The highest BCUT2D eigenvalue weighted by atomic mass is 19.4. The van der Waals surface area contributed by atoms with Crippen molar-refractivity contribution in [3.8, 4) is 0 Å². The lowest BCUT2D eigenvalue weighted by Crippen LogP contribution is -2.14. The molecule has 0 saturated heterocycles. The summed E-state index contributed by atoms with van der Waals surface area (Å²) < 4.78 is 38.9. The number of nitrogens with one attached hydrogen (secondary N) is 2. The second-order valence-electron chi connectivity index (χ2n) is 5.31. The molecule has 1 aliphatic rings. The summed E-state index contributed by atoms with van der Waals surface area (Å²) in [6.45, 7) is 0. The van der Waals surface area contributed by atoms with Crippen LogP contribution >= 0.6 is 0 Å². The first-order valence-corrected chi connectivity index (χ1v) is 7.05. The maximum Gasteiger partial charge on any atom is 0.433 e. The molecule has 126 valence electrons. The summed E-state index contributed by atoms with van der Waals surface area (Å²) >= 11 is 0. The van der Waals surface area contributed by atoms with E-state index >= 15 is 0 Å². The fourth-order valence-electron chi connectivity index (χ4n) is 1.95. The minimum absolute atomic E-state index is 0.0469. The van der Waals surface area contributed by atoms with Crippen molar-refractivity contribution in [2.75, 3.05) is 10.6 Å². The summed E-state index contributed by atoms with van der Waals surface area (Å²) in [6.07, 6.45) is -2.87. The van der Waals surface area contributed by atoms with E-state index in [4.69, 9.17) is 0 Å². The molecule has 0 bridgehead atoms. The van der Waals surface area contributed by atoms with Crippen molar-refractivity contribution in [2.45, 2.75) is 25.1 Å². The predicted octanol–water partition coefficient (Wildman–Crippen LogP) is 3.72. The average Bonchev–Trinajstić information content (AvgIpc) is 3.30. The quantitative estimate of drug-likeness (QED) is 0.637.